The molecule has 1 aromatic carbocycles. The summed E-state index contributed by atoms with van der Waals surface area (Å²) in [5, 5.41) is 0.00961. The number of anilines is 1. The molecule has 0 amide bonds. The summed E-state index contributed by atoms with van der Waals surface area (Å²) in [7, 11) is -2.58. The van der Waals surface area contributed by atoms with E-state index in [1.54, 1.807) is 19.1 Å². The molecule has 0 unspecified atom stereocenters. The van der Waals surface area contributed by atoms with E-state index in [9.17, 15) is 13.2 Å². The van der Waals surface area contributed by atoms with Gasteiger partial charge in [-0.05, 0) is 25.5 Å². The van der Waals surface area contributed by atoms with Crippen LogP contribution >= 0.6 is 11.5 Å². The summed E-state index contributed by atoms with van der Waals surface area (Å²) in [5.74, 6) is -0.899. The number of hydrogen-bond donors (Lipinski definition) is 1. The molecule has 0 saturated carbocycles. The topological polar surface area (TPSA) is 98.2 Å². The number of aryl methyl sites for hydroxylation is 2. The van der Waals surface area contributed by atoms with E-state index in [0.29, 0.717) is 5.56 Å². The van der Waals surface area contributed by atoms with Crippen LogP contribution in [0.25, 0.3) is 0 Å². The normalized spacial score (nSPS) is 11.2. The monoisotopic (exact) mass is 327 g/mol. The van der Waals surface area contributed by atoms with Crippen LogP contribution in [-0.4, -0.2) is 30.9 Å². The summed E-state index contributed by atoms with van der Waals surface area (Å²) in [4.78, 5) is 15.2. The van der Waals surface area contributed by atoms with Crippen LogP contribution in [0.1, 0.15) is 21.7 Å². The number of rotatable bonds is 4. The highest BCUT2D eigenvalue weighted by Crippen LogP contribution is 2.21. The third kappa shape index (κ3) is 3.37. The van der Waals surface area contributed by atoms with Gasteiger partial charge in [-0.1, -0.05) is 17.7 Å². The molecule has 0 bridgehead atoms. The number of carbonyl (C=O) groups is 1. The van der Waals surface area contributed by atoms with Gasteiger partial charge in [0, 0.05) is 11.5 Å². The van der Waals surface area contributed by atoms with Crippen LogP contribution in [0.2, 0.25) is 0 Å². The van der Waals surface area contributed by atoms with Crippen molar-refractivity contribution in [1.82, 2.24) is 9.36 Å². The Kier molecular flexibility index (Phi) is 4.24. The molecule has 0 atom stereocenters. The molecule has 112 valence electrons. The number of carbonyl (C=O) groups excluding carboxylic acids is 1. The summed E-state index contributed by atoms with van der Waals surface area (Å²) >= 11 is 0.772. The zero-order valence-corrected chi connectivity index (χ0v) is 13.2. The largest absolute Gasteiger partial charge is 0.463 e. The van der Waals surface area contributed by atoms with Gasteiger partial charge in [0.2, 0.25) is 5.13 Å². The fourth-order valence-corrected chi connectivity index (χ4v) is 3.72. The van der Waals surface area contributed by atoms with Crippen LogP contribution in [0.15, 0.2) is 23.1 Å². The van der Waals surface area contributed by atoms with Gasteiger partial charge in [-0.3, -0.25) is 4.72 Å². The van der Waals surface area contributed by atoms with Gasteiger partial charge in [0.25, 0.3) is 15.8 Å². The molecule has 1 heterocycles. The minimum Gasteiger partial charge on any atom is -0.463 e. The second-order valence-corrected chi connectivity index (χ2v) is 6.69. The first-order chi connectivity index (χ1) is 9.83. The quantitative estimate of drug-likeness (QED) is 0.859. The summed E-state index contributed by atoms with van der Waals surface area (Å²) in [5.41, 5.74) is 1.59. The van der Waals surface area contributed by atoms with E-state index in [0.717, 1.165) is 17.1 Å². The average Bonchev–Trinajstić information content (AvgIpc) is 2.85. The number of aromatic nitrogens is 2. The van der Waals surface area contributed by atoms with Gasteiger partial charge < -0.3 is 4.74 Å². The maximum Gasteiger partial charge on any atom is 0.377 e. The maximum absolute atomic E-state index is 12.3. The predicted molar refractivity (Wildman–Crippen MR) is 78.0 cm³/mol. The predicted octanol–water partition coefficient (Wildman–Crippen LogP) is 1.74. The second kappa shape index (κ2) is 5.78. The molecule has 0 saturated heterocycles. The van der Waals surface area contributed by atoms with Crippen LogP contribution in [0, 0.1) is 13.8 Å². The minimum absolute atomic E-state index is 0.00961. The van der Waals surface area contributed by atoms with E-state index in [2.05, 4.69) is 18.8 Å². The van der Waals surface area contributed by atoms with Crippen molar-refractivity contribution in [2.75, 3.05) is 11.8 Å². The first kappa shape index (κ1) is 15.4. The number of nitrogens with one attached hydrogen (secondary N) is 1. The van der Waals surface area contributed by atoms with Gasteiger partial charge in [-0.15, -0.1) is 0 Å². The molecule has 1 aromatic heterocycles. The smallest absolute Gasteiger partial charge is 0.377 e. The number of nitrogens with zero attached hydrogens (tertiary/aromatic N) is 2. The summed E-state index contributed by atoms with van der Waals surface area (Å²) in [6, 6.07) is 5.01. The SMILES string of the molecule is COC(=O)c1nsc(NS(=O)(=O)c2ccc(C)cc2C)n1. The maximum atomic E-state index is 12.3. The lowest BCUT2D eigenvalue weighted by atomic mass is 10.2. The van der Waals surface area contributed by atoms with Crippen LogP contribution in [0.3, 0.4) is 0 Å². The Labute approximate surface area is 126 Å². The lowest BCUT2D eigenvalue weighted by Gasteiger charge is -2.08. The number of sulfonamides is 1. The molecule has 21 heavy (non-hydrogen) atoms. The van der Waals surface area contributed by atoms with Crippen LogP contribution in [0.5, 0.6) is 0 Å². The number of benzene rings is 1. The van der Waals surface area contributed by atoms with Crippen molar-refractivity contribution in [3.8, 4) is 0 Å². The van der Waals surface area contributed by atoms with Crippen molar-refractivity contribution < 1.29 is 17.9 Å². The van der Waals surface area contributed by atoms with Gasteiger partial charge in [0.15, 0.2) is 0 Å². The number of esters is 1. The third-order valence-corrected chi connectivity index (χ3v) is 4.89. The highest BCUT2D eigenvalue weighted by molar-refractivity contribution is 7.93. The number of hydrogen-bond acceptors (Lipinski definition) is 7. The number of ether oxygens (including phenoxy) is 1. The van der Waals surface area contributed by atoms with Gasteiger partial charge in [0.05, 0.1) is 12.0 Å². The van der Waals surface area contributed by atoms with E-state index in [1.165, 1.54) is 13.2 Å². The first-order valence-corrected chi connectivity index (χ1v) is 8.11. The Morgan fingerprint density at radius 1 is 1.33 bits per heavy atom. The highest BCUT2D eigenvalue weighted by atomic mass is 32.2. The zero-order valence-electron chi connectivity index (χ0n) is 11.6. The molecule has 0 aliphatic rings. The first-order valence-electron chi connectivity index (χ1n) is 5.85. The molecule has 0 fully saturated rings. The van der Waals surface area contributed by atoms with Gasteiger partial charge >= 0.3 is 5.97 Å². The minimum atomic E-state index is -3.77. The van der Waals surface area contributed by atoms with Gasteiger partial charge in [-0.2, -0.15) is 9.36 Å². The van der Waals surface area contributed by atoms with Crippen LogP contribution in [0.4, 0.5) is 5.13 Å². The second-order valence-electron chi connectivity index (χ2n) is 4.29. The van der Waals surface area contributed by atoms with Crippen LogP contribution in [-0.2, 0) is 14.8 Å². The lowest BCUT2D eigenvalue weighted by Crippen LogP contribution is -2.14. The van der Waals surface area contributed by atoms with Crippen molar-refractivity contribution in [3.63, 3.8) is 0 Å². The van der Waals surface area contributed by atoms with E-state index >= 15 is 0 Å². The van der Waals surface area contributed by atoms with Crippen molar-refractivity contribution in [3.05, 3.63) is 35.2 Å². The zero-order chi connectivity index (χ0) is 15.6. The van der Waals surface area contributed by atoms with Crippen molar-refractivity contribution in [2.24, 2.45) is 0 Å². The van der Waals surface area contributed by atoms with E-state index < -0.39 is 16.0 Å². The van der Waals surface area contributed by atoms with Gasteiger partial charge in [0.1, 0.15) is 0 Å². The molecule has 9 heteroatoms. The highest BCUT2D eigenvalue weighted by Gasteiger charge is 2.20. The van der Waals surface area contributed by atoms with Crippen LogP contribution < -0.4 is 4.72 Å². The molecule has 2 rings (SSSR count). The molecule has 2 aromatic rings. The Morgan fingerprint density at radius 2 is 2.05 bits per heavy atom. The molecule has 7 nitrogen and oxygen atoms in total. The van der Waals surface area contributed by atoms with E-state index in [4.69, 9.17) is 0 Å². The Balaban J connectivity index is 2.29. The summed E-state index contributed by atoms with van der Waals surface area (Å²) < 4.78 is 35.1. The van der Waals surface area contributed by atoms with E-state index in [1.807, 2.05) is 6.92 Å². The fraction of sp³-hybridized carbons (Fsp3) is 0.250. The molecule has 1 N–H and O–H groups in total. The molecule has 0 aliphatic carbocycles. The van der Waals surface area contributed by atoms with Crippen molar-refractivity contribution >= 4 is 32.7 Å². The standard InChI is InChI=1S/C12H13N3O4S2/c1-7-4-5-9(8(2)6-7)21(17,18)15-12-13-10(14-20-12)11(16)19-3/h4-6H,1-3H3,(H,13,14,15). The average molecular weight is 327 g/mol. The molecule has 0 spiro atoms. The Bertz CT molecular complexity index is 784. The lowest BCUT2D eigenvalue weighted by molar-refractivity contribution is 0.0588. The van der Waals surface area contributed by atoms with Crippen molar-refractivity contribution in [1.29, 1.82) is 0 Å². The summed E-state index contributed by atoms with van der Waals surface area (Å²) in [6.45, 7) is 3.59. The Hall–Kier alpha value is -2.00. The van der Waals surface area contributed by atoms with E-state index in [-0.39, 0.29) is 15.9 Å². The van der Waals surface area contributed by atoms with Gasteiger partial charge in [-0.25, -0.2) is 13.2 Å². The fourth-order valence-electron chi connectivity index (χ4n) is 1.71. The summed E-state index contributed by atoms with van der Waals surface area (Å²) in [6.07, 6.45) is 0. The molecular formula is C12H13N3O4S2. The molecular weight excluding hydrogens is 314 g/mol. The third-order valence-electron chi connectivity index (χ3n) is 2.64. The molecule has 0 radical (unpaired) electrons. The molecule has 0 aliphatic heterocycles. The van der Waals surface area contributed by atoms with Crippen molar-refractivity contribution in [2.45, 2.75) is 18.7 Å². The number of methoxy groups -OCH3 is 1. The Morgan fingerprint density at radius 3 is 2.67 bits per heavy atom.